The Morgan fingerprint density at radius 2 is 2.06 bits per heavy atom. The molecule has 0 aliphatic heterocycles. The summed E-state index contributed by atoms with van der Waals surface area (Å²) in [6.45, 7) is 5.59. The van der Waals surface area contributed by atoms with Crippen molar-refractivity contribution in [2.45, 2.75) is 20.3 Å². The maximum absolute atomic E-state index is 13.4. The lowest BCUT2D eigenvalue weighted by Crippen LogP contribution is -2.15. The lowest BCUT2D eigenvalue weighted by molar-refractivity contribution is 0.597. The molecule has 0 atom stereocenters. The zero-order valence-electron chi connectivity index (χ0n) is 9.69. The molecular weight excluding hydrogens is 208 g/mol. The highest BCUT2D eigenvalue weighted by atomic mass is 19.1. The van der Waals surface area contributed by atoms with E-state index in [1.54, 1.807) is 6.08 Å². The van der Waals surface area contributed by atoms with Gasteiger partial charge in [0, 0.05) is 12.1 Å². The first-order chi connectivity index (χ1) is 7.67. The molecule has 0 saturated heterocycles. The Kier molecular flexibility index (Phi) is 5.12. The maximum Gasteiger partial charge on any atom is 0.130 e. The van der Waals surface area contributed by atoms with Gasteiger partial charge in [0.25, 0.3) is 0 Å². The van der Waals surface area contributed by atoms with Crippen molar-refractivity contribution in [1.29, 1.82) is 0 Å². The molecule has 0 heterocycles. The summed E-state index contributed by atoms with van der Waals surface area (Å²) >= 11 is 0. The van der Waals surface area contributed by atoms with Crippen molar-refractivity contribution in [1.82, 2.24) is 5.32 Å². The molecule has 0 fully saturated rings. The number of benzene rings is 1. The van der Waals surface area contributed by atoms with Crippen molar-refractivity contribution in [3.8, 4) is 0 Å². The van der Waals surface area contributed by atoms with Gasteiger partial charge in [-0.3, -0.25) is 0 Å². The van der Waals surface area contributed by atoms with Gasteiger partial charge in [0.05, 0.1) is 0 Å². The summed E-state index contributed by atoms with van der Waals surface area (Å²) in [6.07, 6.45) is 2.53. The topological polar surface area (TPSA) is 12.0 Å². The van der Waals surface area contributed by atoms with Gasteiger partial charge in [-0.15, -0.1) is 0 Å². The molecular formula is C13H17F2N. The van der Waals surface area contributed by atoms with Gasteiger partial charge in [-0.1, -0.05) is 25.5 Å². The predicted octanol–water partition coefficient (Wildman–Crippen LogP) is 3.37. The van der Waals surface area contributed by atoms with Crippen molar-refractivity contribution in [2.24, 2.45) is 0 Å². The summed E-state index contributed by atoms with van der Waals surface area (Å²) in [5, 5.41) is 3.17. The summed E-state index contributed by atoms with van der Waals surface area (Å²) in [5.74, 6) is -0.796. The molecule has 3 heteroatoms. The van der Waals surface area contributed by atoms with Crippen LogP contribution in [0.3, 0.4) is 0 Å². The van der Waals surface area contributed by atoms with Gasteiger partial charge < -0.3 is 5.32 Å². The third-order valence-electron chi connectivity index (χ3n) is 2.37. The third kappa shape index (κ3) is 3.74. The number of hydrogen-bond donors (Lipinski definition) is 1. The molecule has 88 valence electrons. The van der Waals surface area contributed by atoms with Gasteiger partial charge in [-0.25, -0.2) is 8.78 Å². The molecule has 0 radical (unpaired) electrons. The van der Waals surface area contributed by atoms with E-state index in [0.29, 0.717) is 12.1 Å². The fourth-order valence-corrected chi connectivity index (χ4v) is 1.41. The Balaban J connectivity index is 2.89. The largest absolute Gasteiger partial charge is 0.313 e. The first-order valence-electron chi connectivity index (χ1n) is 5.52. The van der Waals surface area contributed by atoms with Crippen molar-refractivity contribution in [2.75, 3.05) is 13.1 Å². The molecule has 0 unspecified atom stereocenters. The normalized spacial score (nSPS) is 11.9. The van der Waals surface area contributed by atoms with E-state index < -0.39 is 5.82 Å². The van der Waals surface area contributed by atoms with E-state index in [0.717, 1.165) is 30.7 Å². The summed E-state index contributed by atoms with van der Waals surface area (Å²) < 4.78 is 26.3. The number of halogens is 2. The smallest absolute Gasteiger partial charge is 0.130 e. The molecule has 16 heavy (non-hydrogen) atoms. The highest BCUT2D eigenvalue weighted by Gasteiger charge is 2.02. The minimum absolute atomic E-state index is 0.315. The zero-order chi connectivity index (χ0) is 12.0. The van der Waals surface area contributed by atoms with Gasteiger partial charge in [0.15, 0.2) is 0 Å². The quantitative estimate of drug-likeness (QED) is 0.810. The zero-order valence-corrected chi connectivity index (χ0v) is 9.69. The Morgan fingerprint density at radius 1 is 1.31 bits per heavy atom. The maximum atomic E-state index is 13.4. The molecule has 0 bridgehead atoms. The van der Waals surface area contributed by atoms with E-state index in [1.807, 2.05) is 13.8 Å². The van der Waals surface area contributed by atoms with Crippen LogP contribution in [0.25, 0.3) is 6.08 Å². The number of likely N-dealkylation sites (N-methyl/N-ethyl adjacent to an activating group) is 1. The lowest BCUT2D eigenvalue weighted by Gasteiger charge is -2.06. The van der Waals surface area contributed by atoms with E-state index >= 15 is 0 Å². The molecule has 1 aromatic carbocycles. The second-order valence-electron chi connectivity index (χ2n) is 3.60. The van der Waals surface area contributed by atoms with E-state index in [-0.39, 0.29) is 5.82 Å². The second-order valence-corrected chi connectivity index (χ2v) is 3.60. The number of nitrogens with one attached hydrogen (secondary N) is 1. The molecule has 1 rings (SSSR count). The summed E-state index contributed by atoms with van der Waals surface area (Å²) in [5.41, 5.74) is 1.38. The molecule has 0 aliphatic rings. The molecule has 1 aromatic rings. The average molecular weight is 225 g/mol. The highest BCUT2D eigenvalue weighted by molar-refractivity contribution is 5.53. The highest BCUT2D eigenvalue weighted by Crippen LogP contribution is 2.14. The Labute approximate surface area is 95.2 Å². The minimum atomic E-state index is -0.411. The second kappa shape index (κ2) is 6.38. The van der Waals surface area contributed by atoms with Crippen LogP contribution >= 0.6 is 0 Å². The van der Waals surface area contributed by atoms with Crippen LogP contribution < -0.4 is 5.32 Å². The van der Waals surface area contributed by atoms with Crippen molar-refractivity contribution in [3.05, 3.63) is 41.0 Å². The lowest BCUT2D eigenvalue weighted by atomic mass is 10.1. The van der Waals surface area contributed by atoms with Gasteiger partial charge >= 0.3 is 0 Å². The van der Waals surface area contributed by atoms with Gasteiger partial charge in [0.2, 0.25) is 0 Å². The average Bonchev–Trinajstić information content (AvgIpc) is 2.28. The number of rotatable bonds is 5. The third-order valence-corrected chi connectivity index (χ3v) is 2.37. The molecule has 0 spiro atoms. The van der Waals surface area contributed by atoms with Crippen LogP contribution in [-0.2, 0) is 0 Å². The SMILES string of the molecule is CCNCC(=Cc1cc(F)ccc1F)CC. The van der Waals surface area contributed by atoms with Crippen LogP contribution in [0, 0.1) is 11.6 Å². The predicted molar refractivity (Wildman–Crippen MR) is 63.2 cm³/mol. The van der Waals surface area contributed by atoms with Crippen molar-refractivity contribution in [3.63, 3.8) is 0 Å². The van der Waals surface area contributed by atoms with Crippen LogP contribution in [0.5, 0.6) is 0 Å². The molecule has 0 saturated carbocycles. The van der Waals surface area contributed by atoms with Crippen molar-refractivity contribution < 1.29 is 8.78 Å². The minimum Gasteiger partial charge on any atom is -0.313 e. The van der Waals surface area contributed by atoms with Gasteiger partial charge in [0.1, 0.15) is 11.6 Å². The molecule has 0 aromatic heterocycles. The van der Waals surface area contributed by atoms with Gasteiger partial charge in [-0.2, -0.15) is 0 Å². The summed E-state index contributed by atoms with van der Waals surface area (Å²) in [6, 6.07) is 3.50. The van der Waals surface area contributed by atoms with E-state index in [4.69, 9.17) is 0 Å². The van der Waals surface area contributed by atoms with Crippen molar-refractivity contribution >= 4 is 6.08 Å². The molecule has 0 aliphatic carbocycles. The molecule has 1 nitrogen and oxygen atoms in total. The monoisotopic (exact) mass is 225 g/mol. The van der Waals surface area contributed by atoms with Crippen LogP contribution in [0.2, 0.25) is 0 Å². The van der Waals surface area contributed by atoms with Crippen LogP contribution in [0.4, 0.5) is 8.78 Å². The standard InChI is InChI=1S/C13H17F2N/c1-3-10(9-16-4-2)7-11-8-12(14)5-6-13(11)15/h5-8,16H,3-4,9H2,1-2H3. The first kappa shape index (κ1) is 12.8. The Hall–Kier alpha value is -1.22. The van der Waals surface area contributed by atoms with Crippen LogP contribution in [0.15, 0.2) is 23.8 Å². The Morgan fingerprint density at radius 3 is 2.69 bits per heavy atom. The fraction of sp³-hybridized carbons (Fsp3) is 0.385. The molecule has 1 N–H and O–H groups in total. The summed E-state index contributed by atoms with van der Waals surface area (Å²) in [7, 11) is 0. The van der Waals surface area contributed by atoms with Crippen LogP contribution in [-0.4, -0.2) is 13.1 Å². The van der Waals surface area contributed by atoms with E-state index in [1.165, 1.54) is 6.07 Å². The number of hydrogen-bond acceptors (Lipinski definition) is 1. The molecule has 0 amide bonds. The fourth-order valence-electron chi connectivity index (χ4n) is 1.41. The van der Waals surface area contributed by atoms with E-state index in [2.05, 4.69) is 5.32 Å². The first-order valence-corrected chi connectivity index (χ1v) is 5.52. The van der Waals surface area contributed by atoms with E-state index in [9.17, 15) is 8.78 Å². The van der Waals surface area contributed by atoms with Crippen LogP contribution in [0.1, 0.15) is 25.8 Å². The van der Waals surface area contributed by atoms with Gasteiger partial charge in [-0.05, 0) is 31.2 Å². The summed E-state index contributed by atoms with van der Waals surface area (Å²) in [4.78, 5) is 0. The Bertz CT molecular complexity index is 372.